The van der Waals surface area contributed by atoms with Crippen LogP contribution >= 0.6 is 0 Å². The number of aliphatic hydroxyl groups is 3. The third-order valence-electron chi connectivity index (χ3n) is 3.58. The van der Waals surface area contributed by atoms with Gasteiger partial charge in [0.15, 0.2) is 6.29 Å². The van der Waals surface area contributed by atoms with Crippen LogP contribution in [0.4, 0.5) is 0 Å². The van der Waals surface area contributed by atoms with Gasteiger partial charge >= 0.3 is 5.97 Å². The quantitative estimate of drug-likeness (QED) is 0.485. The van der Waals surface area contributed by atoms with Gasteiger partial charge in [0.25, 0.3) is 0 Å². The van der Waals surface area contributed by atoms with Crippen molar-refractivity contribution in [3.63, 3.8) is 0 Å². The van der Waals surface area contributed by atoms with Gasteiger partial charge in [0.1, 0.15) is 23.9 Å². The van der Waals surface area contributed by atoms with Gasteiger partial charge < -0.3 is 29.5 Å². The highest BCUT2D eigenvalue weighted by Crippen LogP contribution is 2.23. The maximum atomic E-state index is 11.5. The van der Waals surface area contributed by atoms with Crippen LogP contribution < -0.4 is 0 Å². The minimum absolute atomic E-state index is 0.262. The number of rotatable bonds is 6. The largest absolute Gasteiger partial charge is 0.457 e. The third kappa shape index (κ3) is 6.86. The van der Waals surface area contributed by atoms with Gasteiger partial charge in [0, 0.05) is 6.08 Å². The predicted molar refractivity (Wildman–Crippen MR) is 87.1 cm³/mol. The Morgan fingerprint density at radius 3 is 2.42 bits per heavy atom. The normalized spacial score (nSPS) is 32.8. The number of ether oxygens (including phenoxy) is 3. The number of carbonyl (C=O) groups excluding carboxylic acids is 1. The Bertz CT molecular complexity index is 429. The van der Waals surface area contributed by atoms with E-state index in [0.29, 0.717) is 12.8 Å². The molecule has 3 unspecified atom stereocenters. The Labute approximate surface area is 143 Å². The monoisotopic (exact) mass is 346 g/mol. The van der Waals surface area contributed by atoms with Crippen molar-refractivity contribution in [2.45, 2.75) is 89.9 Å². The molecule has 1 aliphatic rings. The van der Waals surface area contributed by atoms with Gasteiger partial charge in [-0.3, -0.25) is 0 Å². The molecule has 0 aromatic heterocycles. The smallest absolute Gasteiger partial charge is 0.330 e. The van der Waals surface area contributed by atoms with E-state index in [-0.39, 0.29) is 6.10 Å². The second kappa shape index (κ2) is 8.92. The van der Waals surface area contributed by atoms with Crippen molar-refractivity contribution in [2.75, 3.05) is 0 Å². The van der Waals surface area contributed by atoms with E-state index >= 15 is 0 Å². The van der Waals surface area contributed by atoms with Crippen LogP contribution in [0, 0.1) is 0 Å². The second-order valence-corrected chi connectivity index (χ2v) is 7.14. The molecule has 3 N–H and O–H groups in total. The molecule has 0 aliphatic carbocycles. The summed E-state index contributed by atoms with van der Waals surface area (Å²) in [6.45, 7) is 8.81. The zero-order chi connectivity index (χ0) is 18.5. The van der Waals surface area contributed by atoms with E-state index in [1.54, 1.807) is 40.7 Å². The first-order chi connectivity index (χ1) is 11.0. The summed E-state index contributed by atoms with van der Waals surface area (Å²) in [6.07, 6.45) is -1.39. The molecule has 0 spiro atoms. The lowest BCUT2D eigenvalue weighted by molar-refractivity contribution is -0.302. The van der Waals surface area contributed by atoms with E-state index in [9.17, 15) is 20.1 Å². The van der Waals surface area contributed by atoms with Crippen LogP contribution in [-0.2, 0) is 19.0 Å². The lowest BCUT2D eigenvalue weighted by atomic mass is 10.00. The molecule has 7 heteroatoms. The Morgan fingerprint density at radius 1 is 1.21 bits per heavy atom. The molecule has 6 atom stereocenters. The molecule has 0 amide bonds. The highest BCUT2D eigenvalue weighted by atomic mass is 16.7. The topological polar surface area (TPSA) is 105 Å². The first-order valence-corrected chi connectivity index (χ1v) is 8.26. The molecule has 0 aromatic rings. The number of carbonyl (C=O) groups is 1. The second-order valence-electron chi connectivity index (χ2n) is 7.14. The molecule has 1 aliphatic heterocycles. The van der Waals surface area contributed by atoms with Gasteiger partial charge in [-0.15, -0.1) is 0 Å². The summed E-state index contributed by atoms with van der Waals surface area (Å²) in [4.78, 5) is 11.5. The summed E-state index contributed by atoms with van der Waals surface area (Å²) in [6, 6.07) is 0. The van der Waals surface area contributed by atoms with E-state index < -0.39 is 42.3 Å². The fourth-order valence-corrected chi connectivity index (χ4v) is 2.27. The molecule has 140 valence electrons. The average Bonchev–Trinajstić information content (AvgIpc) is 2.45. The molecule has 1 saturated heterocycles. The molecule has 0 saturated carbocycles. The Balaban J connectivity index is 2.36. The predicted octanol–water partition coefficient (Wildman–Crippen LogP) is 0.897. The van der Waals surface area contributed by atoms with Crippen LogP contribution in [0.25, 0.3) is 0 Å². The van der Waals surface area contributed by atoms with Gasteiger partial charge in [0.2, 0.25) is 0 Å². The van der Waals surface area contributed by atoms with Crippen molar-refractivity contribution in [2.24, 2.45) is 0 Å². The van der Waals surface area contributed by atoms with Gasteiger partial charge in [-0.2, -0.15) is 0 Å². The standard InChI is InChI=1S/C17H30O7/c1-10(8-6-7-9-12(18)24-17(3,4)5)22-16-15(21)14(20)13(19)11(2)23-16/h7,9-11,13-16,19-21H,6,8H2,1-5H3/b9-7+/t10?,11?,13-,14?,15+,16-/m1/s1. The number of hydrogen-bond donors (Lipinski definition) is 3. The molecule has 7 nitrogen and oxygen atoms in total. The number of allylic oxidation sites excluding steroid dienone is 1. The Kier molecular flexibility index (Phi) is 7.82. The summed E-state index contributed by atoms with van der Waals surface area (Å²) in [7, 11) is 0. The van der Waals surface area contributed by atoms with Crippen molar-refractivity contribution < 1.29 is 34.3 Å². The SMILES string of the molecule is CC(CC/C=C/C(=O)OC(C)(C)C)O[C@@H]1OC(C)[C@@H](O)C(O)[C@@H]1O. The van der Waals surface area contributed by atoms with Crippen LogP contribution in [0.2, 0.25) is 0 Å². The summed E-state index contributed by atoms with van der Waals surface area (Å²) in [5.41, 5.74) is -0.519. The van der Waals surface area contributed by atoms with Crippen molar-refractivity contribution in [3.05, 3.63) is 12.2 Å². The van der Waals surface area contributed by atoms with Gasteiger partial charge in [-0.25, -0.2) is 4.79 Å². The minimum Gasteiger partial charge on any atom is -0.457 e. The molecular formula is C17H30O7. The molecule has 0 bridgehead atoms. The van der Waals surface area contributed by atoms with Crippen LogP contribution in [0.5, 0.6) is 0 Å². The lowest BCUT2D eigenvalue weighted by Crippen LogP contribution is -2.57. The summed E-state index contributed by atoms with van der Waals surface area (Å²) < 4.78 is 16.1. The fourth-order valence-electron chi connectivity index (χ4n) is 2.27. The Hall–Kier alpha value is -0.990. The van der Waals surface area contributed by atoms with Crippen molar-refractivity contribution in [1.82, 2.24) is 0 Å². The maximum absolute atomic E-state index is 11.5. The fraction of sp³-hybridized carbons (Fsp3) is 0.824. The van der Waals surface area contributed by atoms with E-state index in [4.69, 9.17) is 14.2 Å². The van der Waals surface area contributed by atoms with Gasteiger partial charge in [0.05, 0.1) is 12.2 Å². The van der Waals surface area contributed by atoms with E-state index in [1.165, 1.54) is 6.08 Å². The highest BCUT2D eigenvalue weighted by Gasteiger charge is 2.42. The van der Waals surface area contributed by atoms with E-state index in [0.717, 1.165) is 0 Å². The number of esters is 1. The average molecular weight is 346 g/mol. The first kappa shape index (κ1) is 21.1. The number of aliphatic hydroxyl groups excluding tert-OH is 3. The molecule has 0 radical (unpaired) electrons. The van der Waals surface area contributed by atoms with Crippen LogP contribution in [-0.4, -0.2) is 63.7 Å². The summed E-state index contributed by atoms with van der Waals surface area (Å²) in [5.74, 6) is -0.395. The van der Waals surface area contributed by atoms with Crippen LogP contribution in [0.1, 0.15) is 47.5 Å². The summed E-state index contributed by atoms with van der Waals surface area (Å²) in [5, 5.41) is 29.3. The summed E-state index contributed by atoms with van der Waals surface area (Å²) >= 11 is 0. The highest BCUT2D eigenvalue weighted by molar-refractivity contribution is 5.82. The lowest BCUT2D eigenvalue weighted by Gasteiger charge is -2.39. The molecule has 0 aromatic carbocycles. The molecule has 1 rings (SSSR count). The minimum atomic E-state index is -1.31. The van der Waals surface area contributed by atoms with Gasteiger partial charge in [-0.05, 0) is 47.5 Å². The van der Waals surface area contributed by atoms with Crippen molar-refractivity contribution in [3.8, 4) is 0 Å². The molecule has 1 heterocycles. The zero-order valence-electron chi connectivity index (χ0n) is 15.0. The third-order valence-corrected chi connectivity index (χ3v) is 3.58. The number of hydrogen-bond acceptors (Lipinski definition) is 7. The van der Waals surface area contributed by atoms with Crippen LogP contribution in [0.15, 0.2) is 12.2 Å². The first-order valence-electron chi connectivity index (χ1n) is 8.26. The van der Waals surface area contributed by atoms with E-state index in [2.05, 4.69) is 0 Å². The van der Waals surface area contributed by atoms with Crippen molar-refractivity contribution in [1.29, 1.82) is 0 Å². The molecular weight excluding hydrogens is 316 g/mol. The Morgan fingerprint density at radius 2 is 1.83 bits per heavy atom. The van der Waals surface area contributed by atoms with Crippen LogP contribution in [0.3, 0.4) is 0 Å². The molecule has 24 heavy (non-hydrogen) atoms. The van der Waals surface area contributed by atoms with Gasteiger partial charge in [-0.1, -0.05) is 6.08 Å². The van der Waals surface area contributed by atoms with Crippen molar-refractivity contribution >= 4 is 5.97 Å². The van der Waals surface area contributed by atoms with E-state index in [1.807, 2.05) is 0 Å². The maximum Gasteiger partial charge on any atom is 0.330 e. The molecule has 1 fully saturated rings. The zero-order valence-corrected chi connectivity index (χ0v) is 15.0.